The van der Waals surface area contributed by atoms with Crippen LogP contribution in [0.3, 0.4) is 0 Å². The van der Waals surface area contributed by atoms with Crippen LogP contribution in [0.25, 0.3) is 0 Å². The van der Waals surface area contributed by atoms with Crippen molar-refractivity contribution >= 4 is 42.1 Å². The Kier molecular flexibility index (Phi) is 13.0. The van der Waals surface area contributed by atoms with Gasteiger partial charge in [-0.3, -0.25) is 4.79 Å². The predicted octanol–water partition coefficient (Wildman–Crippen LogP) is 1.95. The van der Waals surface area contributed by atoms with Gasteiger partial charge in [-0.1, -0.05) is 6.92 Å². The van der Waals surface area contributed by atoms with E-state index >= 15 is 0 Å². The highest BCUT2D eigenvalue weighted by molar-refractivity contribution is 7.11. The molecule has 0 unspecified atom stereocenters. The Labute approximate surface area is 125 Å². The standard InChI is InChI=1S/C11H19N3OS.2ClH/c1-2-9-8-14-11(16-9)5-7-13-10(15)4-3-6-12;;/h8H,2-7,12H2,1H3,(H,13,15);2*1H. The summed E-state index contributed by atoms with van der Waals surface area (Å²) < 4.78 is 0. The lowest BCUT2D eigenvalue weighted by atomic mass is 10.3. The zero-order chi connectivity index (χ0) is 11.8. The number of halogens is 2. The van der Waals surface area contributed by atoms with Crippen molar-refractivity contribution in [2.24, 2.45) is 5.73 Å². The second-order valence-corrected chi connectivity index (χ2v) is 4.77. The van der Waals surface area contributed by atoms with Crippen molar-refractivity contribution in [3.05, 3.63) is 16.1 Å². The Morgan fingerprint density at radius 2 is 2.22 bits per heavy atom. The first-order valence-corrected chi connectivity index (χ1v) is 6.48. The number of nitrogens with one attached hydrogen (secondary N) is 1. The fourth-order valence-electron chi connectivity index (χ4n) is 1.29. The number of hydrogen-bond acceptors (Lipinski definition) is 4. The highest BCUT2D eigenvalue weighted by Gasteiger charge is 2.02. The Morgan fingerprint density at radius 3 is 2.78 bits per heavy atom. The molecule has 4 nitrogen and oxygen atoms in total. The predicted molar refractivity (Wildman–Crippen MR) is 81.0 cm³/mol. The summed E-state index contributed by atoms with van der Waals surface area (Å²) in [5.74, 6) is 0.0812. The van der Waals surface area contributed by atoms with Crippen LogP contribution in [0.4, 0.5) is 0 Å². The van der Waals surface area contributed by atoms with Crippen LogP contribution in [0.5, 0.6) is 0 Å². The fourth-order valence-corrected chi connectivity index (χ4v) is 2.15. The van der Waals surface area contributed by atoms with Crippen molar-refractivity contribution < 1.29 is 4.79 Å². The second-order valence-electron chi connectivity index (χ2n) is 3.57. The van der Waals surface area contributed by atoms with Gasteiger partial charge in [-0.05, 0) is 19.4 Å². The molecular weight excluding hydrogens is 293 g/mol. The van der Waals surface area contributed by atoms with Crippen LogP contribution >= 0.6 is 36.2 Å². The maximum atomic E-state index is 11.3. The van der Waals surface area contributed by atoms with Crippen molar-refractivity contribution in [2.75, 3.05) is 13.1 Å². The molecule has 0 aliphatic carbocycles. The summed E-state index contributed by atoms with van der Waals surface area (Å²) in [6.07, 6.45) is 5.04. The van der Waals surface area contributed by atoms with Crippen LogP contribution in [-0.2, 0) is 17.6 Å². The third kappa shape index (κ3) is 7.87. The molecule has 1 rings (SSSR count). The molecule has 106 valence electrons. The Bertz CT molecular complexity index is 334. The zero-order valence-electron chi connectivity index (χ0n) is 10.5. The van der Waals surface area contributed by atoms with Crippen molar-refractivity contribution in [1.29, 1.82) is 0 Å². The maximum Gasteiger partial charge on any atom is 0.220 e. The van der Waals surface area contributed by atoms with Crippen LogP contribution in [0.2, 0.25) is 0 Å². The lowest BCUT2D eigenvalue weighted by Gasteiger charge is -2.02. The van der Waals surface area contributed by atoms with Crippen LogP contribution in [0.1, 0.15) is 29.7 Å². The van der Waals surface area contributed by atoms with Crippen LogP contribution in [-0.4, -0.2) is 24.0 Å². The lowest BCUT2D eigenvalue weighted by molar-refractivity contribution is -0.121. The van der Waals surface area contributed by atoms with Gasteiger partial charge in [-0.2, -0.15) is 0 Å². The van der Waals surface area contributed by atoms with Gasteiger partial charge in [-0.25, -0.2) is 4.98 Å². The van der Waals surface area contributed by atoms with Crippen molar-refractivity contribution in [1.82, 2.24) is 10.3 Å². The van der Waals surface area contributed by atoms with Crippen LogP contribution in [0.15, 0.2) is 6.20 Å². The fraction of sp³-hybridized carbons (Fsp3) is 0.636. The Hall–Kier alpha value is -0.360. The van der Waals surface area contributed by atoms with E-state index in [4.69, 9.17) is 5.73 Å². The summed E-state index contributed by atoms with van der Waals surface area (Å²) in [5.41, 5.74) is 5.33. The molecule has 0 saturated heterocycles. The van der Waals surface area contributed by atoms with E-state index in [-0.39, 0.29) is 30.7 Å². The van der Waals surface area contributed by atoms with Crippen molar-refractivity contribution in [3.8, 4) is 0 Å². The maximum absolute atomic E-state index is 11.3. The number of rotatable bonds is 7. The number of aryl methyl sites for hydroxylation is 1. The zero-order valence-corrected chi connectivity index (χ0v) is 12.9. The first-order chi connectivity index (χ1) is 7.76. The van der Waals surface area contributed by atoms with E-state index in [9.17, 15) is 4.79 Å². The van der Waals surface area contributed by atoms with E-state index < -0.39 is 0 Å². The molecule has 0 saturated carbocycles. The normalized spacial score (nSPS) is 9.22. The van der Waals surface area contributed by atoms with Gasteiger partial charge in [0, 0.05) is 30.5 Å². The van der Waals surface area contributed by atoms with Gasteiger partial charge in [-0.15, -0.1) is 36.2 Å². The number of carbonyl (C=O) groups is 1. The van der Waals surface area contributed by atoms with Gasteiger partial charge in [0.1, 0.15) is 0 Å². The quantitative estimate of drug-likeness (QED) is 0.808. The highest BCUT2D eigenvalue weighted by Crippen LogP contribution is 2.13. The van der Waals surface area contributed by atoms with E-state index in [1.807, 2.05) is 6.20 Å². The molecule has 0 aliphatic heterocycles. The molecule has 0 radical (unpaired) electrons. The molecular formula is C11H21Cl2N3OS. The molecule has 1 aromatic rings. The second kappa shape index (κ2) is 11.7. The monoisotopic (exact) mass is 313 g/mol. The number of amides is 1. The smallest absolute Gasteiger partial charge is 0.220 e. The highest BCUT2D eigenvalue weighted by atomic mass is 35.5. The van der Waals surface area contributed by atoms with E-state index in [2.05, 4.69) is 17.2 Å². The molecule has 0 spiro atoms. The minimum atomic E-state index is 0. The largest absolute Gasteiger partial charge is 0.356 e. The molecule has 0 aliphatic rings. The third-order valence-corrected chi connectivity index (χ3v) is 3.42. The van der Waals surface area contributed by atoms with Crippen molar-refractivity contribution in [3.63, 3.8) is 0 Å². The molecule has 3 N–H and O–H groups in total. The summed E-state index contributed by atoms with van der Waals surface area (Å²) in [5, 5.41) is 3.96. The number of aromatic nitrogens is 1. The molecule has 18 heavy (non-hydrogen) atoms. The Morgan fingerprint density at radius 1 is 1.50 bits per heavy atom. The number of nitrogens with two attached hydrogens (primary N) is 1. The van der Waals surface area contributed by atoms with Gasteiger partial charge in [0.25, 0.3) is 0 Å². The Balaban J connectivity index is 0. The number of nitrogens with zero attached hydrogens (tertiary/aromatic N) is 1. The molecule has 1 amide bonds. The third-order valence-electron chi connectivity index (χ3n) is 2.22. The van der Waals surface area contributed by atoms with Crippen LogP contribution < -0.4 is 11.1 Å². The average molecular weight is 314 g/mol. The van der Waals surface area contributed by atoms with E-state index in [0.717, 1.165) is 24.3 Å². The van der Waals surface area contributed by atoms with E-state index in [0.29, 0.717) is 19.5 Å². The first-order valence-electron chi connectivity index (χ1n) is 5.66. The minimum Gasteiger partial charge on any atom is -0.356 e. The molecule has 0 atom stereocenters. The van der Waals surface area contributed by atoms with E-state index in [1.54, 1.807) is 11.3 Å². The van der Waals surface area contributed by atoms with Gasteiger partial charge < -0.3 is 11.1 Å². The number of thiazole rings is 1. The summed E-state index contributed by atoms with van der Waals surface area (Å²) in [4.78, 5) is 16.9. The van der Waals surface area contributed by atoms with Crippen molar-refractivity contribution in [2.45, 2.75) is 32.6 Å². The summed E-state index contributed by atoms with van der Waals surface area (Å²) in [7, 11) is 0. The topological polar surface area (TPSA) is 68.0 Å². The van der Waals surface area contributed by atoms with E-state index in [1.165, 1.54) is 4.88 Å². The minimum absolute atomic E-state index is 0. The summed E-state index contributed by atoms with van der Waals surface area (Å²) >= 11 is 1.72. The molecule has 0 aromatic carbocycles. The summed E-state index contributed by atoms with van der Waals surface area (Å²) in [6.45, 7) is 3.35. The SMILES string of the molecule is CCc1cnc(CCNC(=O)CCCN)s1.Cl.Cl. The molecule has 1 heterocycles. The number of hydrogen-bond donors (Lipinski definition) is 2. The average Bonchev–Trinajstić information content (AvgIpc) is 2.74. The molecule has 7 heteroatoms. The number of carbonyl (C=O) groups excluding carboxylic acids is 1. The molecule has 0 bridgehead atoms. The first kappa shape index (κ1) is 20.0. The summed E-state index contributed by atoms with van der Waals surface area (Å²) in [6, 6.07) is 0. The van der Waals surface area contributed by atoms with Gasteiger partial charge in [0.2, 0.25) is 5.91 Å². The van der Waals surface area contributed by atoms with Crippen LogP contribution in [0, 0.1) is 0 Å². The molecule has 1 aromatic heterocycles. The van der Waals surface area contributed by atoms with Gasteiger partial charge in [0.15, 0.2) is 0 Å². The van der Waals surface area contributed by atoms with Gasteiger partial charge >= 0.3 is 0 Å². The lowest BCUT2D eigenvalue weighted by Crippen LogP contribution is -2.25. The molecule has 0 fully saturated rings. The van der Waals surface area contributed by atoms with Gasteiger partial charge in [0.05, 0.1) is 5.01 Å².